The summed E-state index contributed by atoms with van der Waals surface area (Å²) < 4.78 is 13.0. The van der Waals surface area contributed by atoms with Crippen LogP contribution in [0, 0.1) is 5.82 Å². The van der Waals surface area contributed by atoms with Gasteiger partial charge >= 0.3 is 0 Å². The SMILES string of the molecule is CCN(C(=O)c1cccc(C(=O)NCc2ccc(F)cc2)c1)c1ccccc1. The zero-order valence-corrected chi connectivity index (χ0v) is 15.6. The number of para-hydroxylation sites is 1. The lowest BCUT2D eigenvalue weighted by Gasteiger charge is -2.21. The zero-order chi connectivity index (χ0) is 19.9. The summed E-state index contributed by atoms with van der Waals surface area (Å²) in [6, 6.07) is 22.0. The highest BCUT2D eigenvalue weighted by atomic mass is 19.1. The summed E-state index contributed by atoms with van der Waals surface area (Å²) in [7, 11) is 0. The van der Waals surface area contributed by atoms with Crippen LogP contribution in [0.3, 0.4) is 0 Å². The monoisotopic (exact) mass is 376 g/mol. The average molecular weight is 376 g/mol. The molecule has 0 fully saturated rings. The maximum atomic E-state index is 13.0. The number of hydrogen-bond donors (Lipinski definition) is 1. The first-order valence-corrected chi connectivity index (χ1v) is 9.08. The smallest absolute Gasteiger partial charge is 0.258 e. The molecule has 0 saturated heterocycles. The highest BCUT2D eigenvalue weighted by molar-refractivity contribution is 6.07. The summed E-state index contributed by atoms with van der Waals surface area (Å²) in [5.74, 6) is -0.774. The van der Waals surface area contributed by atoms with Gasteiger partial charge in [-0.3, -0.25) is 9.59 Å². The summed E-state index contributed by atoms with van der Waals surface area (Å²) >= 11 is 0. The normalized spacial score (nSPS) is 10.4. The van der Waals surface area contributed by atoms with Crippen molar-refractivity contribution in [3.05, 3.63) is 101 Å². The van der Waals surface area contributed by atoms with Crippen molar-refractivity contribution in [1.82, 2.24) is 5.32 Å². The first-order chi connectivity index (χ1) is 13.6. The van der Waals surface area contributed by atoms with E-state index >= 15 is 0 Å². The third-order valence-corrected chi connectivity index (χ3v) is 4.37. The topological polar surface area (TPSA) is 49.4 Å². The predicted octanol–water partition coefficient (Wildman–Crippen LogP) is 4.42. The first-order valence-electron chi connectivity index (χ1n) is 9.08. The quantitative estimate of drug-likeness (QED) is 0.692. The summed E-state index contributed by atoms with van der Waals surface area (Å²) in [4.78, 5) is 27.0. The second-order valence-electron chi connectivity index (χ2n) is 6.27. The Morgan fingerprint density at radius 3 is 2.25 bits per heavy atom. The molecule has 3 aromatic rings. The molecule has 4 nitrogen and oxygen atoms in total. The Hall–Kier alpha value is -3.47. The molecule has 0 heterocycles. The number of anilines is 1. The Kier molecular flexibility index (Phi) is 6.17. The maximum Gasteiger partial charge on any atom is 0.258 e. The van der Waals surface area contributed by atoms with Crippen LogP contribution >= 0.6 is 0 Å². The van der Waals surface area contributed by atoms with E-state index in [4.69, 9.17) is 0 Å². The van der Waals surface area contributed by atoms with Crippen LogP contribution in [0.15, 0.2) is 78.9 Å². The molecule has 0 aliphatic rings. The van der Waals surface area contributed by atoms with Crippen LogP contribution in [-0.4, -0.2) is 18.4 Å². The van der Waals surface area contributed by atoms with Gasteiger partial charge in [0.2, 0.25) is 0 Å². The van der Waals surface area contributed by atoms with Crippen LogP contribution in [0.25, 0.3) is 0 Å². The molecule has 0 aliphatic carbocycles. The Labute approximate surface area is 163 Å². The average Bonchev–Trinajstić information content (AvgIpc) is 2.74. The summed E-state index contributed by atoms with van der Waals surface area (Å²) in [5, 5.41) is 2.79. The van der Waals surface area contributed by atoms with Gasteiger partial charge in [0.1, 0.15) is 5.82 Å². The molecule has 3 rings (SSSR count). The lowest BCUT2D eigenvalue weighted by molar-refractivity contribution is 0.0951. The van der Waals surface area contributed by atoms with Gasteiger partial charge in [0, 0.05) is 29.9 Å². The first kappa shape index (κ1) is 19.3. The molecule has 142 valence electrons. The number of nitrogens with zero attached hydrogens (tertiary/aromatic N) is 1. The van der Waals surface area contributed by atoms with Gasteiger partial charge in [0.15, 0.2) is 0 Å². The van der Waals surface area contributed by atoms with Crippen molar-refractivity contribution in [1.29, 1.82) is 0 Å². The lowest BCUT2D eigenvalue weighted by atomic mass is 10.1. The van der Waals surface area contributed by atoms with E-state index in [1.807, 2.05) is 37.3 Å². The van der Waals surface area contributed by atoms with Crippen molar-refractivity contribution < 1.29 is 14.0 Å². The highest BCUT2D eigenvalue weighted by Crippen LogP contribution is 2.17. The molecule has 0 aromatic heterocycles. The van der Waals surface area contributed by atoms with Crippen LogP contribution in [0.2, 0.25) is 0 Å². The van der Waals surface area contributed by atoms with Crippen molar-refractivity contribution in [2.45, 2.75) is 13.5 Å². The fourth-order valence-electron chi connectivity index (χ4n) is 2.89. The number of rotatable bonds is 6. The third-order valence-electron chi connectivity index (χ3n) is 4.37. The van der Waals surface area contributed by atoms with Crippen molar-refractivity contribution in [2.75, 3.05) is 11.4 Å². The van der Waals surface area contributed by atoms with Crippen LogP contribution in [0.1, 0.15) is 33.2 Å². The van der Waals surface area contributed by atoms with E-state index in [0.29, 0.717) is 17.7 Å². The number of nitrogens with one attached hydrogen (secondary N) is 1. The molecule has 0 spiro atoms. The minimum atomic E-state index is -0.319. The predicted molar refractivity (Wildman–Crippen MR) is 108 cm³/mol. The zero-order valence-electron chi connectivity index (χ0n) is 15.6. The summed E-state index contributed by atoms with van der Waals surface area (Å²) in [6.07, 6.45) is 0. The molecule has 2 amide bonds. The molecule has 0 aliphatic heterocycles. The van der Waals surface area contributed by atoms with Crippen LogP contribution < -0.4 is 10.2 Å². The molecular formula is C23H21FN2O2. The van der Waals surface area contributed by atoms with Crippen molar-refractivity contribution in [3.63, 3.8) is 0 Å². The Balaban J connectivity index is 1.72. The number of amides is 2. The molecule has 0 bridgehead atoms. The number of halogens is 1. The fraction of sp³-hybridized carbons (Fsp3) is 0.130. The van der Waals surface area contributed by atoms with Gasteiger partial charge < -0.3 is 10.2 Å². The summed E-state index contributed by atoms with van der Waals surface area (Å²) in [6.45, 7) is 2.70. The lowest BCUT2D eigenvalue weighted by Crippen LogP contribution is -2.31. The van der Waals surface area contributed by atoms with E-state index in [-0.39, 0.29) is 24.2 Å². The van der Waals surface area contributed by atoms with Crippen LogP contribution in [0.5, 0.6) is 0 Å². The van der Waals surface area contributed by atoms with Crippen LogP contribution in [-0.2, 0) is 6.54 Å². The van der Waals surface area contributed by atoms with Gasteiger partial charge in [-0.25, -0.2) is 4.39 Å². The van der Waals surface area contributed by atoms with Gasteiger partial charge in [-0.15, -0.1) is 0 Å². The van der Waals surface area contributed by atoms with Crippen molar-refractivity contribution >= 4 is 17.5 Å². The molecule has 0 atom stereocenters. The number of carbonyl (C=O) groups is 2. The third kappa shape index (κ3) is 4.62. The second-order valence-corrected chi connectivity index (χ2v) is 6.27. The van der Waals surface area contributed by atoms with Gasteiger partial charge in [-0.1, -0.05) is 36.4 Å². The molecule has 28 heavy (non-hydrogen) atoms. The minimum absolute atomic E-state index is 0.165. The maximum absolute atomic E-state index is 13.0. The van der Waals surface area contributed by atoms with Gasteiger partial charge in [0.25, 0.3) is 11.8 Å². The largest absolute Gasteiger partial charge is 0.348 e. The van der Waals surface area contributed by atoms with E-state index < -0.39 is 0 Å². The number of carbonyl (C=O) groups excluding carboxylic acids is 2. The Morgan fingerprint density at radius 1 is 0.893 bits per heavy atom. The fourth-order valence-corrected chi connectivity index (χ4v) is 2.89. The number of benzene rings is 3. The van der Waals surface area contributed by atoms with Crippen LogP contribution in [0.4, 0.5) is 10.1 Å². The van der Waals surface area contributed by atoms with Crippen molar-refractivity contribution in [3.8, 4) is 0 Å². The number of hydrogen-bond acceptors (Lipinski definition) is 2. The van der Waals surface area contributed by atoms with E-state index in [9.17, 15) is 14.0 Å². The van der Waals surface area contributed by atoms with E-state index in [1.165, 1.54) is 12.1 Å². The van der Waals surface area contributed by atoms with E-state index in [1.54, 1.807) is 41.3 Å². The van der Waals surface area contributed by atoms with E-state index in [0.717, 1.165) is 11.3 Å². The molecule has 1 N–H and O–H groups in total. The van der Waals surface area contributed by atoms with E-state index in [2.05, 4.69) is 5.32 Å². The highest BCUT2D eigenvalue weighted by Gasteiger charge is 2.17. The van der Waals surface area contributed by atoms with Gasteiger partial charge in [-0.05, 0) is 55.0 Å². The Morgan fingerprint density at radius 2 is 1.57 bits per heavy atom. The van der Waals surface area contributed by atoms with Gasteiger partial charge in [-0.2, -0.15) is 0 Å². The molecule has 3 aromatic carbocycles. The molecular weight excluding hydrogens is 355 g/mol. The molecule has 0 radical (unpaired) electrons. The minimum Gasteiger partial charge on any atom is -0.348 e. The molecule has 0 unspecified atom stereocenters. The van der Waals surface area contributed by atoms with Gasteiger partial charge in [0.05, 0.1) is 0 Å². The standard InChI is InChI=1S/C23H21FN2O2/c1-2-26(21-9-4-3-5-10-21)23(28)19-8-6-7-18(15-19)22(27)25-16-17-11-13-20(24)14-12-17/h3-15H,2,16H2,1H3,(H,25,27). The summed E-state index contributed by atoms with van der Waals surface area (Å²) in [5.41, 5.74) is 2.45. The molecule has 0 saturated carbocycles. The molecule has 5 heteroatoms. The van der Waals surface area contributed by atoms with Crippen molar-refractivity contribution in [2.24, 2.45) is 0 Å². The Bertz CT molecular complexity index is 956. The second kappa shape index (κ2) is 8.95.